The number of sulfonamides is 1. The Morgan fingerprint density at radius 2 is 2.00 bits per heavy atom. The second kappa shape index (κ2) is 14.4. The van der Waals surface area contributed by atoms with Crippen molar-refractivity contribution in [1.29, 1.82) is 0 Å². The van der Waals surface area contributed by atoms with Crippen LogP contribution < -0.4 is 15.4 Å². The number of aliphatic imine (C=N–C) groups is 1. The molecule has 29 heavy (non-hydrogen) atoms. The molecule has 1 aliphatic heterocycles. The van der Waals surface area contributed by atoms with Gasteiger partial charge in [0.1, 0.15) is 0 Å². The monoisotopic (exact) mass is 558 g/mol. The van der Waals surface area contributed by atoms with E-state index in [0.29, 0.717) is 32.2 Å². The molecule has 0 saturated carbocycles. The van der Waals surface area contributed by atoms with Gasteiger partial charge in [0.05, 0.1) is 18.4 Å². The van der Waals surface area contributed by atoms with Gasteiger partial charge in [0, 0.05) is 31.3 Å². The lowest BCUT2D eigenvalue weighted by molar-refractivity contribution is 0.0200. The third kappa shape index (κ3) is 11.4. The minimum absolute atomic E-state index is 0. The van der Waals surface area contributed by atoms with Crippen molar-refractivity contribution in [2.45, 2.75) is 38.7 Å². The van der Waals surface area contributed by atoms with Crippen LogP contribution in [0.1, 0.15) is 31.7 Å². The molecule has 2 rings (SSSR count). The van der Waals surface area contributed by atoms with Gasteiger partial charge in [0.15, 0.2) is 5.96 Å². The fraction of sp³-hybridized carbons (Fsp3) is 0.632. The highest BCUT2D eigenvalue weighted by Crippen LogP contribution is 2.12. The SMILES string of the molecule is CCNC(=NCCS(=O)(=O)NCC1CCCCO1)NCCc1ccc(Cl)cc1.I. The zero-order valence-corrected chi connectivity index (χ0v) is 20.7. The third-order valence-corrected chi connectivity index (χ3v) is 5.98. The largest absolute Gasteiger partial charge is 0.377 e. The molecule has 0 amide bonds. The van der Waals surface area contributed by atoms with Crippen molar-refractivity contribution in [2.75, 3.05) is 38.5 Å². The Labute approximate surface area is 196 Å². The first-order valence-electron chi connectivity index (χ1n) is 9.84. The van der Waals surface area contributed by atoms with Crippen LogP contribution in [0.5, 0.6) is 0 Å². The molecule has 1 atom stereocenters. The summed E-state index contributed by atoms with van der Waals surface area (Å²) in [5, 5.41) is 7.07. The van der Waals surface area contributed by atoms with Gasteiger partial charge in [-0.15, -0.1) is 24.0 Å². The normalized spacial score (nSPS) is 17.4. The molecule has 7 nitrogen and oxygen atoms in total. The molecular weight excluding hydrogens is 527 g/mol. The van der Waals surface area contributed by atoms with Gasteiger partial charge in [0.25, 0.3) is 0 Å². The highest BCUT2D eigenvalue weighted by Gasteiger charge is 2.17. The molecule has 1 aromatic rings. The van der Waals surface area contributed by atoms with Gasteiger partial charge in [-0.25, -0.2) is 13.1 Å². The number of ether oxygens (including phenoxy) is 1. The fourth-order valence-corrected chi connectivity index (χ4v) is 3.90. The molecule has 166 valence electrons. The van der Waals surface area contributed by atoms with Gasteiger partial charge >= 0.3 is 0 Å². The predicted molar refractivity (Wildman–Crippen MR) is 130 cm³/mol. The van der Waals surface area contributed by atoms with Crippen molar-refractivity contribution < 1.29 is 13.2 Å². The van der Waals surface area contributed by atoms with Gasteiger partial charge in [0.2, 0.25) is 10.0 Å². The molecule has 0 spiro atoms. The smallest absolute Gasteiger partial charge is 0.213 e. The van der Waals surface area contributed by atoms with Crippen LogP contribution in [0, 0.1) is 0 Å². The summed E-state index contributed by atoms with van der Waals surface area (Å²) in [6, 6.07) is 7.71. The Hall–Kier alpha value is -0.620. The van der Waals surface area contributed by atoms with E-state index in [0.717, 1.165) is 30.7 Å². The van der Waals surface area contributed by atoms with Crippen LogP contribution in [-0.4, -0.2) is 59.0 Å². The van der Waals surface area contributed by atoms with E-state index in [2.05, 4.69) is 20.3 Å². The summed E-state index contributed by atoms with van der Waals surface area (Å²) in [5.41, 5.74) is 1.17. The first kappa shape index (κ1) is 26.4. The topological polar surface area (TPSA) is 91.8 Å². The number of hydrogen-bond acceptors (Lipinski definition) is 4. The summed E-state index contributed by atoms with van der Waals surface area (Å²) in [5.74, 6) is 0.565. The first-order valence-corrected chi connectivity index (χ1v) is 11.9. The van der Waals surface area contributed by atoms with Crippen LogP contribution in [0.2, 0.25) is 5.02 Å². The Kier molecular flexibility index (Phi) is 13.1. The van der Waals surface area contributed by atoms with Crippen molar-refractivity contribution in [1.82, 2.24) is 15.4 Å². The number of benzene rings is 1. The molecule has 0 aromatic heterocycles. The Morgan fingerprint density at radius 3 is 2.66 bits per heavy atom. The molecule has 1 saturated heterocycles. The van der Waals surface area contributed by atoms with Gasteiger partial charge in [-0.1, -0.05) is 23.7 Å². The predicted octanol–water partition coefficient (Wildman–Crippen LogP) is 2.54. The summed E-state index contributed by atoms with van der Waals surface area (Å²) < 4.78 is 32.5. The van der Waals surface area contributed by atoms with Crippen LogP contribution in [0.3, 0.4) is 0 Å². The van der Waals surface area contributed by atoms with Crippen molar-refractivity contribution in [3.8, 4) is 0 Å². The third-order valence-electron chi connectivity index (χ3n) is 4.40. The fourth-order valence-electron chi connectivity index (χ4n) is 2.86. The molecule has 3 N–H and O–H groups in total. The maximum atomic E-state index is 12.2. The summed E-state index contributed by atoms with van der Waals surface area (Å²) in [7, 11) is -3.36. The van der Waals surface area contributed by atoms with E-state index in [1.165, 1.54) is 5.56 Å². The van der Waals surface area contributed by atoms with Crippen molar-refractivity contribution in [3.05, 3.63) is 34.9 Å². The minimum Gasteiger partial charge on any atom is -0.377 e. The molecule has 10 heteroatoms. The van der Waals surface area contributed by atoms with E-state index in [9.17, 15) is 8.42 Å². The number of guanidine groups is 1. The van der Waals surface area contributed by atoms with E-state index in [1.807, 2.05) is 31.2 Å². The lowest BCUT2D eigenvalue weighted by atomic mass is 10.1. The zero-order valence-electron chi connectivity index (χ0n) is 16.8. The molecular formula is C19H32ClIN4O3S. The maximum Gasteiger partial charge on any atom is 0.213 e. The van der Waals surface area contributed by atoms with Crippen LogP contribution >= 0.6 is 35.6 Å². The first-order chi connectivity index (χ1) is 13.5. The number of rotatable bonds is 10. The minimum atomic E-state index is -3.36. The van der Waals surface area contributed by atoms with Gasteiger partial charge < -0.3 is 15.4 Å². The summed E-state index contributed by atoms with van der Waals surface area (Å²) >= 11 is 5.89. The molecule has 0 radical (unpaired) electrons. The molecule has 1 fully saturated rings. The number of halogens is 2. The second-order valence-electron chi connectivity index (χ2n) is 6.72. The van der Waals surface area contributed by atoms with Gasteiger partial charge in [-0.2, -0.15) is 0 Å². The molecule has 1 heterocycles. The van der Waals surface area contributed by atoms with E-state index in [-0.39, 0.29) is 42.4 Å². The molecule has 1 aliphatic rings. The van der Waals surface area contributed by atoms with Crippen LogP contribution in [0.4, 0.5) is 0 Å². The highest BCUT2D eigenvalue weighted by atomic mass is 127. The Balaban J connectivity index is 0.00000420. The van der Waals surface area contributed by atoms with Crippen LogP contribution in [-0.2, 0) is 21.2 Å². The average molecular weight is 559 g/mol. The molecule has 1 aromatic carbocycles. The quantitative estimate of drug-likeness (QED) is 0.233. The van der Waals surface area contributed by atoms with Crippen LogP contribution in [0.15, 0.2) is 29.3 Å². The Bertz CT molecular complexity index is 711. The number of nitrogens with zero attached hydrogens (tertiary/aromatic N) is 1. The van der Waals surface area contributed by atoms with Crippen molar-refractivity contribution in [2.24, 2.45) is 4.99 Å². The molecule has 0 bridgehead atoms. The highest BCUT2D eigenvalue weighted by molar-refractivity contribution is 14.0. The zero-order chi connectivity index (χ0) is 20.2. The summed E-state index contributed by atoms with van der Waals surface area (Å²) in [6.45, 7) is 4.61. The lowest BCUT2D eigenvalue weighted by Crippen LogP contribution is -2.39. The molecule has 0 aliphatic carbocycles. The van der Waals surface area contributed by atoms with Crippen LogP contribution in [0.25, 0.3) is 0 Å². The van der Waals surface area contributed by atoms with E-state index in [1.54, 1.807) is 0 Å². The Morgan fingerprint density at radius 1 is 1.24 bits per heavy atom. The van der Waals surface area contributed by atoms with E-state index >= 15 is 0 Å². The standard InChI is InChI=1S/C19H31ClN4O3S.HI/c1-2-21-19(22-11-10-16-6-8-17(20)9-7-16)23-12-14-28(25,26)24-15-18-5-3-4-13-27-18;/h6-9,18,24H,2-5,10-15H2,1H3,(H2,21,22,23);1H. The second-order valence-corrected chi connectivity index (χ2v) is 9.08. The lowest BCUT2D eigenvalue weighted by Gasteiger charge is -2.22. The van der Waals surface area contributed by atoms with Gasteiger partial charge in [-0.05, 0) is 50.3 Å². The number of nitrogens with one attached hydrogen (secondary N) is 3. The average Bonchev–Trinajstić information content (AvgIpc) is 2.69. The van der Waals surface area contributed by atoms with E-state index < -0.39 is 10.0 Å². The van der Waals surface area contributed by atoms with E-state index in [4.69, 9.17) is 16.3 Å². The van der Waals surface area contributed by atoms with Crippen molar-refractivity contribution in [3.63, 3.8) is 0 Å². The summed E-state index contributed by atoms with van der Waals surface area (Å²) in [4.78, 5) is 4.36. The maximum absolute atomic E-state index is 12.2. The number of hydrogen-bond donors (Lipinski definition) is 3. The van der Waals surface area contributed by atoms with Gasteiger partial charge in [-0.3, -0.25) is 4.99 Å². The van der Waals surface area contributed by atoms with Crippen molar-refractivity contribution >= 4 is 51.6 Å². The summed E-state index contributed by atoms with van der Waals surface area (Å²) in [6.07, 6.45) is 3.85. The molecule has 1 unspecified atom stereocenters.